The van der Waals surface area contributed by atoms with Crippen LogP contribution >= 0.6 is 23.1 Å². The molecule has 6 nitrogen and oxygen atoms in total. The van der Waals surface area contributed by atoms with E-state index in [1.807, 2.05) is 36.4 Å². The number of ether oxygens (including phenoxy) is 1. The maximum Gasteiger partial charge on any atom is 0.263 e. The van der Waals surface area contributed by atoms with Crippen LogP contribution in [0.25, 0.3) is 20.7 Å². The van der Waals surface area contributed by atoms with Gasteiger partial charge in [-0.1, -0.05) is 48.2 Å². The first-order chi connectivity index (χ1) is 13.6. The van der Waals surface area contributed by atoms with E-state index in [0.717, 1.165) is 10.4 Å². The number of methoxy groups -OCH3 is 1. The molecule has 2 aromatic heterocycles. The summed E-state index contributed by atoms with van der Waals surface area (Å²) in [6.45, 7) is 4.98. The number of fused-ring (bicyclic) bond motifs is 1. The molecule has 3 rings (SSSR count). The molecule has 0 atom stereocenters. The molecule has 0 radical (unpaired) electrons. The van der Waals surface area contributed by atoms with Crippen molar-refractivity contribution in [2.45, 2.75) is 11.7 Å². The van der Waals surface area contributed by atoms with Gasteiger partial charge in [-0.25, -0.2) is 4.98 Å². The Morgan fingerprint density at radius 2 is 2.18 bits per heavy atom. The van der Waals surface area contributed by atoms with Gasteiger partial charge in [0.2, 0.25) is 5.91 Å². The number of benzene rings is 1. The summed E-state index contributed by atoms with van der Waals surface area (Å²) in [6.07, 6.45) is 1.65. The number of amides is 1. The standard InChI is InChI=1S/C20H21N3O3S2/c1-3-10-23-19(25)15-12-16(14-7-5-4-6-8-14)28-18(15)22-20(23)27-13-17(24)21-9-11-26-2/h3-8,12H,1,9-11,13H2,2H3,(H,21,24). The minimum Gasteiger partial charge on any atom is -0.383 e. The van der Waals surface area contributed by atoms with Crippen LogP contribution in [0.15, 0.2) is 59.0 Å². The Labute approximate surface area is 171 Å². The number of hydrogen-bond acceptors (Lipinski definition) is 6. The molecule has 3 aromatic rings. The topological polar surface area (TPSA) is 73.2 Å². The van der Waals surface area contributed by atoms with Crippen molar-refractivity contribution >= 4 is 39.2 Å². The molecule has 0 fully saturated rings. The van der Waals surface area contributed by atoms with Gasteiger partial charge in [0.05, 0.1) is 17.7 Å². The fourth-order valence-corrected chi connectivity index (χ4v) is 4.53. The van der Waals surface area contributed by atoms with Gasteiger partial charge in [0.15, 0.2) is 5.16 Å². The summed E-state index contributed by atoms with van der Waals surface area (Å²) in [7, 11) is 1.58. The molecule has 0 saturated heterocycles. The minimum atomic E-state index is -0.127. The Morgan fingerprint density at radius 3 is 2.89 bits per heavy atom. The lowest BCUT2D eigenvalue weighted by Crippen LogP contribution is -2.29. The average molecular weight is 416 g/mol. The monoisotopic (exact) mass is 415 g/mol. The number of nitrogens with one attached hydrogen (secondary N) is 1. The van der Waals surface area contributed by atoms with Crippen LogP contribution in [0.5, 0.6) is 0 Å². The number of aromatic nitrogens is 2. The van der Waals surface area contributed by atoms with Crippen LogP contribution in [0.1, 0.15) is 0 Å². The second-order valence-electron chi connectivity index (χ2n) is 5.93. The molecule has 0 bridgehead atoms. The Balaban J connectivity index is 1.90. The summed E-state index contributed by atoms with van der Waals surface area (Å²) in [5, 5.41) is 3.86. The molecule has 0 spiro atoms. The van der Waals surface area contributed by atoms with E-state index >= 15 is 0 Å². The normalized spacial score (nSPS) is 10.9. The molecule has 28 heavy (non-hydrogen) atoms. The predicted octanol–water partition coefficient (Wildman–Crippen LogP) is 3.17. The zero-order valence-electron chi connectivity index (χ0n) is 15.5. The first-order valence-corrected chi connectivity index (χ1v) is 10.5. The second kappa shape index (κ2) is 9.68. The first kappa shape index (κ1) is 20.3. The highest BCUT2D eigenvalue weighted by Gasteiger charge is 2.15. The van der Waals surface area contributed by atoms with E-state index in [1.54, 1.807) is 17.8 Å². The van der Waals surface area contributed by atoms with Gasteiger partial charge in [0.1, 0.15) is 4.83 Å². The fraction of sp³-hybridized carbons (Fsp3) is 0.250. The lowest BCUT2D eigenvalue weighted by atomic mass is 10.2. The molecular weight excluding hydrogens is 394 g/mol. The number of thiophene rings is 1. The first-order valence-electron chi connectivity index (χ1n) is 8.73. The van der Waals surface area contributed by atoms with Crippen molar-refractivity contribution < 1.29 is 9.53 Å². The van der Waals surface area contributed by atoms with E-state index in [0.29, 0.717) is 35.1 Å². The Morgan fingerprint density at radius 1 is 1.39 bits per heavy atom. The predicted molar refractivity (Wildman–Crippen MR) is 115 cm³/mol. The Hall–Kier alpha value is -2.42. The molecule has 2 heterocycles. The number of hydrogen-bond donors (Lipinski definition) is 1. The molecule has 8 heteroatoms. The summed E-state index contributed by atoms with van der Waals surface area (Å²) >= 11 is 2.72. The highest BCUT2D eigenvalue weighted by molar-refractivity contribution is 7.99. The lowest BCUT2D eigenvalue weighted by Gasteiger charge is -2.10. The number of thioether (sulfide) groups is 1. The SMILES string of the molecule is C=CCn1c(SCC(=O)NCCOC)nc2sc(-c3ccccc3)cc2c1=O. The summed E-state index contributed by atoms with van der Waals surface area (Å²) < 4.78 is 6.48. The van der Waals surface area contributed by atoms with Crippen LogP contribution in [0.4, 0.5) is 0 Å². The number of rotatable bonds is 9. The maximum atomic E-state index is 13.0. The molecular formula is C20H21N3O3S2. The molecule has 1 amide bonds. The van der Waals surface area contributed by atoms with Crippen LogP contribution in [0.3, 0.4) is 0 Å². The van der Waals surface area contributed by atoms with Crippen molar-refractivity contribution in [1.82, 2.24) is 14.9 Å². The summed E-state index contributed by atoms with van der Waals surface area (Å²) in [5.74, 6) is 0.0492. The van der Waals surface area contributed by atoms with E-state index in [2.05, 4.69) is 16.9 Å². The van der Waals surface area contributed by atoms with Crippen molar-refractivity contribution in [3.63, 3.8) is 0 Å². The summed E-state index contributed by atoms with van der Waals surface area (Å²) in [6, 6.07) is 11.8. The van der Waals surface area contributed by atoms with E-state index in [1.165, 1.54) is 23.1 Å². The minimum absolute atomic E-state index is 0.120. The van der Waals surface area contributed by atoms with Crippen molar-refractivity contribution in [3.8, 4) is 10.4 Å². The number of nitrogens with zero attached hydrogens (tertiary/aromatic N) is 2. The van der Waals surface area contributed by atoms with E-state index < -0.39 is 0 Å². The Bertz CT molecular complexity index is 1030. The third kappa shape index (κ3) is 4.70. The van der Waals surface area contributed by atoms with Crippen LogP contribution in [0, 0.1) is 0 Å². The van der Waals surface area contributed by atoms with Gasteiger partial charge in [-0.05, 0) is 11.6 Å². The quantitative estimate of drug-likeness (QED) is 0.252. The largest absolute Gasteiger partial charge is 0.383 e. The molecule has 146 valence electrons. The molecule has 0 unspecified atom stereocenters. The molecule has 1 aromatic carbocycles. The molecule has 0 aliphatic rings. The zero-order valence-corrected chi connectivity index (χ0v) is 17.1. The van der Waals surface area contributed by atoms with Crippen LogP contribution in [0.2, 0.25) is 0 Å². The Kier molecular flexibility index (Phi) is 7.02. The third-order valence-corrected chi connectivity index (χ3v) is 6.00. The van der Waals surface area contributed by atoms with E-state index in [9.17, 15) is 9.59 Å². The van der Waals surface area contributed by atoms with Crippen LogP contribution < -0.4 is 10.9 Å². The fourth-order valence-electron chi connectivity index (χ4n) is 2.62. The van der Waals surface area contributed by atoms with Gasteiger partial charge in [0.25, 0.3) is 5.56 Å². The van der Waals surface area contributed by atoms with Gasteiger partial charge in [-0.3, -0.25) is 14.2 Å². The smallest absolute Gasteiger partial charge is 0.263 e. The maximum absolute atomic E-state index is 13.0. The average Bonchev–Trinajstić information content (AvgIpc) is 3.14. The van der Waals surface area contributed by atoms with Crippen molar-refractivity contribution in [2.24, 2.45) is 0 Å². The third-order valence-electron chi connectivity index (χ3n) is 3.95. The van der Waals surface area contributed by atoms with Crippen molar-refractivity contribution in [3.05, 3.63) is 59.4 Å². The zero-order chi connectivity index (χ0) is 19.9. The number of carbonyl (C=O) groups is 1. The van der Waals surface area contributed by atoms with Gasteiger partial charge in [-0.2, -0.15) is 0 Å². The lowest BCUT2D eigenvalue weighted by molar-refractivity contribution is -0.118. The second-order valence-corrected chi connectivity index (χ2v) is 7.90. The van der Waals surface area contributed by atoms with Crippen molar-refractivity contribution in [1.29, 1.82) is 0 Å². The molecule has 0 aliphatic heterocycles. The number of allylic oxidation sites excluding steroid dienone is 1. The van der Waals surface area contributed by atoms with Gasteiger partial charge >= 0.3 is 0 Å². The molecule has 0 saturated carbocycles. The van der Waals surface area contributed by atoms with E-state index in [-0.39, 0.29) is 17.2 Å². The van der Waals surface area contributed by atoms with E-state index in [4.69, 9.17) is 4.74 Å². The summed E-state index contributed by atoms with van der Waals surface area (Å²) in [5.41, 5.74) is 0.928. The number of carbonyl (C=O) groups excluding carboxylic acids is 1. The molecule has 0 aliphatic carbocycles. The van der Waals surface area contributed by atoms with Gasteiger partial charge < -0.3 is 10.1 Å². The van der Waals surface area contributed by atoms with Crippen molar-refractivity contribution in [2.75, 3.05) is 26.0 Å². The van der Waals surface area contributed by atoms with Crippen LogP contribution in [-0.4, -0.2) is 41.5 Å². The molecule has 1 N–H and O–H groups in total. The van der Waals surface area contributed by atoms with Crippen LogP contribution in [-0.2, 0) is 16.1 Å². The van der Waals surface area contributed by atoms with Gasteiger partial charge in [0, 0.05) is 25.1 Å². The summed E-state index contributed by atoms with van der Waals surface area (Å²) in [4.78, 5) is 31.3. The van der Waals surface area contributed by atoms with Gasteiger partial charge in [-0.15, -0.1) is 17.9 Å². The highest BCUT2D eigenvalue weighted by atomic mass is 32.2. The highest BCUT2D eigenvalue weighted by Crippen LogP contribution is 2.32.